The molecule has 0 aromatic carbocycles. The van der Waals surface area contributed by atoms with Crippen LogP contribution in [0.3, 0.4) is 0 Å². The largest absolute Gasteiger partial charge is 0.480 e. The highest BCUT2D eigenvalue weighted by Crippen LogP contribution is 2.12. The minimum atomic E-state index is -1.09. The second-order valence-corrected chi connectivity index (χ2v) is 4.41. The summed E-state index contributed by atoms with van der Waals surface area (Å²) >= 11 is 0. The van der Waals surface area contributed by atoms with E-state index < -0.39 is 30.6 Å². The van der Waals surface area contributed by atoms with Crippen LogP contribution in [0.25, 0.3) is 0 Å². The van der Waals surface area contributed by atoms with E-state index in [0.717, 1.165) is 0 Å². The Bertz CT molecular complexity index is 373. The van der Waals surface area contributed by atoms with Crippen molar-refractivity contribution in [2.24, 2.45) is 0 Å². The van der Waals surface area contributed by atoms with E-state index in [2.05, 4.69) is 4.74 Å². The molecule has 2 amide bonds. The maximum atomic E-state index is 12.4. The third-order valence-electron chi connectivity index (χ3n) is 2.94. The van der Waals surface area contributed by atoms with Crippen LogP contribution in [0.5, 0.6) is 0 Å². The molecule has 0 radical (unpaired) electrons. The molecule has 1 heterocycles. The SMILES string of the molecule is CCCN(CC(=O)O)C(=O)N1CCOCC1C(=O)OC. The Morgan fingerprint density at radius 1 is 1.45 bits per heavy atom. The predicted octanol–water partition coefficient (Wildman–Crippen LogP) is -0.223. The number of esters is 1. The first-order valence-corrected chi connectivity index (χ1v) is 6.44. The lowest BCUT2D eigenvalue weighted by molar-refractivity contribution is -0.151. The molecule has 1 aliphatic heterocycles. The number of aliphatic carboxylic acids is 1. The number of hydrogen-bond donors (Lipinski definition) is 1. The van der Waals surface area contributed by atoms with Gasteiger partial charge in [0, 0.05) is 13.1 Å². The molecule has 0 bridgehead atoms. The second-order valence-electron chi connectivity index (χ2n) is 4.41. The Hall–Kier alpha value is -1.83. The quantitative estimate of drug-likeness (QED) is 0.702. The van der Waals surface area contributed by atoms with Crippen molar-refractivity contribution in [2.45, 2.75) is 19.4 Å². The van der Waals surface area contributed by atoms with Gasteiger partial charge in [-0.05, 0) is 6.42 Å². The topological polar surface area (TPSA) is 96.4 Å². The van der Waals surface area contributed by atoms with Crippen molar-refractivity contribution in [3.8, 4) is 0 Å². The number of morpholine rings is 1. The summed E-state index contributed by atoms with van der Waals surface area (Å²) in [6.07, 6.45) is 0.631. The highest BCUT2D eigenvalue weighted by Gasteiger charge is 2.36. The molecule has 1 aliphatic rings. The van der Waals surface area contributed by atoms with Crippen LogP contribution in [0.2, 0.25) is 0 Å². The van der Waals surface area contributed by atoms with E-state index in [1.165, 1.54) is 16.9 Å². The van der Waals surface area contributed by atoms with Gasteiger partial charge >= 0.3 is 18.0 Å². The summed E-state index contributed by atoms with van der Waals surface area (Å²) in [7, 11) is 1.24. The molecule has 1 saturated heterocycles. The van der Waals surface area contributed by atoms with E-state index in [0.29, 0.717) is 19.6 Å². The van der Waals surface area contributed by atoms with Crippen LogP contribution in [-0.2, 0) is 19.1 Å². The summed E-state index contributed by atoms with van der Waals surface area (Å²) in [5.74, 6) is -1.65. The highest BCUT2D eigenvalue weighted by atomic mass is 16.5. The Morgan fingerprint density at radius 3 is 2.70 bits per heavy atom. The zero-order valence-electron chi connectivity index (χ0n) is 11.7. The molecule has 20 heavy (non-hydrogen) atoms. The molecule has 1 fully saturated rings. The minimum Gasteiger partial charge on any atom is -0.480 e. The molecule has 8 heteroatoms. The fourth-order valence-corrected chi connectivity index (χ4v) is 2.02. The van der Waals surface area contributed by atoms with Crippen molar-refractivity contribution in [1.29, 1.82) is 0 Å². The molecule has 1 N–H and O–H groups in total. The van der Waals surface area contributed by atoms with Gasteiger partial charge in [0.25, 0.3) is 0 Å². The van der Waals surface area contributed by atoms with Crippen molar-refractivity contribution in [1.82, 2.24) is 9.80 Å². The normalized spacial score (nSPS) is 18.5. The predicted molar refractivity (Wildman–Crippen MR) is 68.2 cm³/mol. The Labute approximate surface area is 117 Å². The summed E-state index contributed by atoms with van der Waals surface area (Å²) in [6.45, 7) is 2.38. The smallest absolute Gasteiger partial charge is 0.331 e. The number of carboxylic acid groups (broad SMARTS) is 1. The molecular weight excluding hydrogens is 268 g/mol. The third-order valence-corrected chi connectivity index (χ3v) is 2.94. The number of nitrogens with zero attached hydrogens (tertiary/aromatic N) is 2. The molecule has 0 aromatic rings. The lowest BCUT2D eigenvalue weighted by Gasteiger charge is -2.36. The number of carboxylic acids is 1. The maximum Gasteiger partial charge on any atom is 0.331 e. The minimum absolute atomic E-state index is 0.0610. The van der Waals surface area contributed by atoms with Crippen molar-refractivity contribution < 1.29 is 29.0 Å². The average Bonchev–Trinajstić information content (AvgIpc) is 2.44. The van der Waals surface area contributed by atoms with Crippen LogP contribution < -0.4 is 0 Å². The van der Waals surface area contributed by atoms with Gasteiger partial charge < -0.3 is 24.4 Å². The standard InChI is InChI=1S/C12H20N2O6/c1-3-4-13(7-10(15)16)12(18)14-5-6-20-8-9(14)11(17)19-2/h9H,3-8H2,1-2H3,(H,15,16). The van der Waals surface area contributed by atoms with Crippen LogP contribution in [0.15, 0.2) is 0 Å². The number of methoxy groups -OCH3 is 1. The van der Waals surface area contributed by atoms with Gasteiger partial charge in [0.2, 0.25) is 0 Å². The molecule has 0 aromatic heterocycles. The van der Waals surface area contributed by atoms with Gasteiger partial charge in [-0.25, -0.2) is 9.59 Å². The molecule has 0 spiro atoms. The van der Waals surface area contributed by atoms with E-state index in [9.17, 15) is 14.4 Å². The molecule has 114 valence electrons. The number of amides is 2. The van der Waals surface area contributed by atoms with E-state index >= 15 is 0 Å². The van der Waals surface area contributed by atoms with Gasteiger partial charge in [-0.1, -0.05) is 6.92 Å². The summed E-state index contributed by atoms with van der Waals surface area (Å²) in [5.41, 5.74) is 0. The fourth-order valence-electron chi connectivity index (χ4n) is 2.02. The molecule has 0 saturated carbocycles. The molecule has 0 aliphatic carbocycles. The number of rotatable bonds is 5. The molecule has 1 atom stereocenters. The third kappa shape index (κ3) is 4.09. The maximum absolute atomic E-state index is 12.4. The van der Waals surface area contributed by atoms with Crippen LogP contribution in [0.4, 0.5) is 4.79 Å². The zero-order valence-corrected chi connectivity index (χ0v) is 11.7. The molecule has 1 rings (SSSR count). The fraction of sp³-hybridized carbons (Fsp3) is 0.750. The second kappa shape index (κ2) is 7.68. The van der Waals surface area contributed by atoms with Crippen LogP contribution >= 0.6 is 0 Å². The van der Waals surface area contributed by atoms with E-state index in [4.69, 9.17) is 9.84 Å². The first-order chi connectivity index (χ1) is 9.51. The number of urea groups is 1. The van der Waals surface area contributed by atoms with Crippen LogP contribution in [0, 0.1) is 0 Å². The number of hydrogen-bond acceptors (Lipinski definition) is 5. The van der Waals surface area contributed by atoms with Gasteiger partial charge in [-0.15, -0.1) is 0 Å². The Balaban J connectivity index is 2.83. The van der Waals surface area contributed by atoms with Crippen molar-refractivity contribution in [3.05, 3.63) is 0 Å². The summed E-state index contributed by atoms with van der Waals surface area (Å²) < 4.78 is 9.82. The monoisotopic (exact) mass is 288 g/mol. The van der Waals surface area contributed by atoms with Crippen LogP contribution in [0.1, 0.15) is 13.3 Å². The Morgan fingerprint density at radius 2 is 2.15 bits per heavy atom. The van der Waals surface area contributed by atoms with Crippen molar-refractivity contribution in [3.63, 3.8) is 0 Å². The van der Waals surface area contributed by atoms with Gasteiger partial charge in [0.1, 0.15) is 6.54 Å². The van der Waals surface area contributed by atoms with Gasteiger partial charge in [-0.3, -0.25) is 4.79 Å². The van der Waals surface area contributed by atoms with E-state index in [1.807, 2.05) is 6.92 Å². The summed E-state index contributed by atoms with van der Waals surface area (Å²) in [4.78, 5) is 37.4. The molecule has 8 nitrogen and oxygen atoms in total. The average molecular weight is 288 g/mol. The first-order valence-electron chi connectivity index (χ1n) is 6.44. The van der Waals surface area contributed by atoms with Gasteiger partial charge in [0.05, 0.1) is 20.3 Å². The molecular formula is C12H20N2O6. The Kier molecular flexibility index (Phi) is 6.23. The highest BCUT2D eigenvalue weighted by molar-refractivity contribution is 5.85. The van der Waals surface area contributed by atoms with E-state index in [-0.39, 0.29) is 13.2 Å². The number of ether oxygens (including phenoxy) is 2. The summed E-state index contributed by atoms with van der Waals surface area (Å²) in [6, 6.07) is -1.30. The van der Waals surface area contributed by atoms with Gasteiger partial charge in [-0.2, -0.15) is 0 Å². The van der Waals surface area contributed by atoms with E-state index in [1.54, 1.807) is 0 Å². The van der Waals surface area contributed by atoms with Crippen molar-refractivity contribution >= 4 is 18.0 Å². The van der Waals surface area contributed by atoms with Crippen LogP contribution in [-0.4, -0.2) is 78.9 Å². The van der Waals surface area contributed by atoms with Crippen molar-refractivity contribution in [2.75, 3.05) is 40.0 Å². The summed E-state index contributed by atoms with van der Waals surface area (Å²) in [5, 5.41) is 8.85. The van der Waals surface area contributed by atoms with Gasteiger partial charge in [0.15, 0.2) is 6.04 Å². The lowest BCUT2D eigenvalue weighted by atomic mass is 10.2. The number of carbonyl (C=O) groups is 3. The number of carbonyl (C=O) groups excluding carboxylic acids is 2. The zero-order chi connectivity index (χ0) is 15.1. The molecule has 1 unspecified atom stereocenters. The lowest BCUT2D eigenvalue weighted by Crippen LogP contribution is -2.57. The first kappa shape index (κ1) is 16.2.